The number of hydrogen-bond acceptors (Lipinski definition) is 2. The first-order valence-corrected chi connectivity index (χ1v) is 8.38. The number of benzene rings is 1. The van der Waals surface area contributed by atoms with Crippen molar-refractivity contribution in [3.8, 4) is 5.75 Å². The largest absolute Gasteiger partial charge is 0.426 e. The average molecular weight is 322 g/mol. The smallest absolute Gasteiger partial charge is 0.314 e. The van der Waals surface area contributed by atoms with Crippen LogP contribution >= 0.6 is 0 Å². The molecular formula is C19H24F2O2. The molecule has 0 N–H and O–H groups in total. The van der Waals surface area contributed by atoms with Crippen molar-refractivity contribution in [3.05, 3.63) is 42.0 Å². The molecule has 0 spiro atoms. The third-order valence-electron chi connectivity index (χ3n) is 4.51. The molecule has 1 fully saturated rings. The van der Waals surface area contributed by atoms with Crippen LogP contribution in [0.5, 0.6) is 5.75 Å². The molecule has 1 saturated carbocycles. The quantitative estimate of drug-likeness (QED) is 0.302. The standard InChI is InChI=1S/C19H24F2O2/c1-2-3-4-5-6-14-7-9-15(10-8-14)19(22)23-16-11-12-17(20)18(21)13-16/h2-3,11-15H,4-10H2,1H3/b3-2-. The number of rotatable bonds is 6. The lowest BCUT2D eigenvalue weighted by molar-refractivity contribution is -0.140. The maximum absolute atomic E-state index is 13.1. The van der Waals surface area contributed by atoms with E-state index in [4.69, 9.17) is 4.74 Å². The zero-order valence-corrected chi connectivity index (χ0v) is 13.6. The van der Waals surface area contributed by atoms with E-state index in [1.54, 1.807) is 0 Å². The van der Waals surface area contributed by atoms with E-state index in [-0.39, 0.29) is 17.6 Å². The summed E-state index contributed by atoms with van der Waals surface area (Å²) >= 11 is 0. The van der Waals surface area contributed by atoms with Crippen molar-refractivity contribution in [2.45, 2.75) is 51.9 Å². The summed E-state index contributed by atoms with van der Waals surface area (Å²) in [4.78, 5) is 12.1. The Morgan fingerprint density at radius 1 is 1.22 bits per heavy atom. The molecule has 2 rings (SSSR count). The maximum Gasteiger partial charge on any atom is 0.314 e. The monoisotopic (exact) mass is 322 g/mol. The zero-order valence-electron chi connectivity index (χ0n) is 13.6. The summed E-state index contributed by atoms with van der Waals surface area (Å²) in [6.45, 7) is 2.03. The predicted molar refractivity (Wildman–Crippen MR) is 86.1 cm³/mol. The molecule has 0 aromatic heterocycles. The number of ether oxygens (including phenoxy) is 1. The van der Waals surface area contributed by atoms with Crippen molar-refractivity contribution < 1.29 is 18.3 Å². The summed E-state index contributed by atoms with van der Waals surface area (Å²) in [7, 11) is 0. The number of allylic oxidation sites excluding steroid dienone is 2. The SMILES string of the molecule is C/C=C\CCCC1CCC(C(=O)Oc2ccc(F)c(F)c2)CC1. The molecule has 4 heteroatoms. The van der Waals surface area contributed by atoms with Gasteiger partial charge in [0.2, 0.25) is 0 Å². The molecule has 0 radical (unpaired) electrons. The highest BCUT2D eigenvalue weighted by Crippen LogP contribution is 2.33. The first kappa shape index (κ1) is 17.6. The van der Waals surface area contributed by atoms with Gasteiger partial charge >= 0.3 is 5.97 Å². The number of carbonyl (C=O) groups is 1. The lowest BCUT2D eigenvalue weighted by atomic mass is 9.80. The van der Waals surface area contributed by atoms with E-state index < -0.39 is 11.6 Å². The Labute approximate surface area is 136 Å². The van der Waals surface area contributed by atoms with Crippen LogP contribution in [0.15, 0.2) is 30.4 Å². The van der Waals surface area contributed by atoms with Crippen molar-refractivity contribution in [3.63, 3.8) is 0 Å². The molecule has 0 unspecified atom stereocenters. The summed E-state index contributed by atoms with van der Waals surface area (Å²) in [6.07, 6.45) is 11.5. The lowest BCUT2D eigenvalue weighted by Crippen LogP contribution is -2.25. The van der Waals surface area contributed by atoms with Gasteiger partial charge in [0.25, 0.3) is 0 Å². The molecule has 0 saturated heterocycles. The molecule has 126 valence electrons. The molecule has 1 aromatic carbocycles. The molecule has 23 heavy (non-hydrogen) atoms. The molecule has 0 bridgehead atoms. The molecule has 1 aliphatic rings. The van der Waals surface area contributed by atoms with Gasteiger partial charge in [-0.15, -0.1) is 0 Å². The van der Waals surface area contributed by atoms with Gasteiger partial charge in [0.05, 0.1) is 5.92 Å². The van der Waals surface area contributed by atoms with Crippen LogP contribution < -0.4 is 4.74 Å². The van der Waals surface area contributed by atoms with Gasteiger partial charge in [0, 0.05) is 6.07 Å². The number of unbranched alkanes of at least 4 members (excludes halogenated alkanes) is 1. The molecule has 2 nitrogen and oxygen atoms in total. The Morgan fingerprint density at radius 3 is 2.61 bits per heavy atom. The van der Waals surface area contributed by atoms with Crippen LogP contribution in [0.2, 0.25) is 0 Å². The van der Waals surface area contributed by atoms with Crippen molar-refractivity contribution in [1.82, 2.24) is 0 Å². The molecule has 1 aliphatic carbocycles. The van der Waals surface area contributed by atoms with Crippen LogP contribution in [0.25, 0.3) is 0 Å². The van der Waals surface area contributed by atoms with Crippen LogP contribution in [-0.4, -0.2) is 5.97 Å². The fourth-order valence-corrected chi connectivity index (χ4v) is 3.12. The Bertz CT molecular complexity index is 546. The molecule has 0 aliphatic heterocycles. The van der Waals surface area contributed by atoms with E-state index in [1.807, 2.05) is 6.92 Å². The summed E-state index contributed by atoms with van der Waals surface area (Å²) in [5.74, 6) is -1.64. The van der Waals surface area contributed by atoms with E-state index in [0.717, 1.165) is 44.2 Å². The maximum atomic E-state index is 13.1. The Kier molecular flexibility index (Phi) is 6.75. The van der Waals surface area contributed by atoms with E-state index in [2.05, 4.69) is 12.2 Å². The van der Waals surface area contributed by atoms with Crippen LogP contribution in [0.3, 0.4) is 0 Å². The highest BCUT2D eigenvalue weighted by Gasteiger charge is 2.27. The van der Waals surface area contributed by atoms with Crippen molar-refractivity contribution in [2.75, 3.05) is 0 Å². The van der Waals surface area contributed by atoms with Gasteiger partial charge < -0.3 is 4.74 Å². The van der Waals surface area contributed by atoms with Gasteiger partial charge in [-0.2, -0.15) is 0 Å². The Balaban J connectivity index is 1.76. The fourth-order valence-electron chi connectivity index (χ4n) is 3.12. The number of halogens is 2. The van der Waals surface area contributed by atoms with E-state index in [1.165, 1.54) is 18.9 Å². The van der Waals surface area contributed by atoms with Gasteiger partial charge in [0.15, 0.2) is 11.6 Å². The van der Waals surface area contributed by atoms with Crippen LogP contribution in [0.1, 0.15) is 51.9 Å². The summed E-state index contributed by atoms with van der Waals surface area (Å²) in [5, 5.41) is 0. The lowest BCUT2D eigenvalue weighted by Gasteiger charge is -2.27. The first-order chi connectivity index (χ1) is 11.1. The Morgan fingerprint density at radius 2 is 1.96 bits per heavy atom. The van der Waals surface area contributed by atoms with E-state index >= 15 is 0 Å². The van der Waals surface area contributed by atoms with Crippen molar-refractivity contribution >= 4 is 5.97 Å². The highest BCUT2D eigenvalue weighted by atomic mass is 19.2. The van der Waals surface area contributed by atoms with Gasteiger partial charge in [-0.1, -0.05) is 18.6 Å². The number of carbonyl (C=O) groups excluding carboxylic acids is 1. The average Bonchev–Trinajstić information content (AvgIpc) is 2.55. The Hall–Kier alpha value is -1.71. The molecule has 1 aromatic rings. The molecule has 0 heterocycles. The minimum absolute atomic E-state index is 0.0716. The van der Waals surface area contributed by atoms with Crippen LogP contribution in [0.4, 0.5) is 8.78 Å². The second-order valence-corrected chi connectivity index (χ2v) is 6.21. The van der Waals surface area contributed by atoms with E-state index in [9.17, 15) is 13.6 Å². The summed E-state index contributed by atoms with van der Waals surface area (Å²) in [5.41, 5.74) is 0. The minimum Gasteiger partial charge on any atom is -0.426 e. The normalized spacial score (nSPS) is 21.5. The van der Waals surface area contributed by atoms with E-state index in [0.29, 0.717) is 5.92 Å². The predicted octanol–water partition coefficient (Wildman–Crippen LogP) is 5.42. The molecule has 0 amide bonds. The summed E-state index contributed by atoms with van der Waals surface area (Å²) in [6, 6.07) is 3.17. The zero-order chi connectivity index (χ0) is 16.7. The van der Waals surface area contributed by atoms with Gasteiger partial charge in [-0.3, -0.25) is 4.79 Å². The second kappa shape index (κ2) is 8.80. The summed E-state index contributed by atoms with van der Waals surface area (Å²) < 4.78 is 31.2. The number of hydrogen-bond donors (Lipinski definition) is 0. The van der Waals surface area contributed by atoms with Gasteiger partial charge in [0.1, 0.15) is 5.75 Å². The fraction of sp³-hybridized carbons (Fsp3) is 0.526. The third kappa shape index (κ3) is 5.45. The van der Waals surface area contributed by atoms with Crippen molar-refractivity contribution in [2.24, 2.45) is 11.8 Å². The molecule has 0 atom stereocenters. The molecular weight excluding hydrogens is 298 g/mol. The van der Waals surface area contributed by atoms with Crippen molar-refractivity contribution in [1.29, 1.82) is 0 Å². The number of esters is 1. The highest BCUT2D eigenvalue weighted by molar-refractivity contribution is 5.75. The minimum atomic E-state index is -1.000. The first-order valence-electron chi connectivity index (χ1n) is 8.38. The third-order valence-corrected chi connectivity index (χ3v) is 4.51. The van der Waals surface area contributed by atoms with Gasteiger partial charge in [-0.05, 0) is 63.5 Å². The second-order valence-electron chi connectivity index (χ2n) is 6.21. The topological polar surface area (TPSA) is 26.3 Å². The van der Waals surface area contributed by atoms with Crippen LogP contribution in [-0.2, 0) is 4.79 Å². The van der Waals surface area contributed by atoms with Crippen LogP contribution in [0, 0.1) is 23.5 Å². The van der Waals surface area contributed by atoms with Gasteiger partial charge in [-0.25, -0.2) is 8.78 Å².